The average molecular weight is 394 g/mol. The summed E-state index contributed by atoms with van der Waals surface area (Å²) in [4.78, 5) is 33.1. The molecule has 1 atom stereocenters. The number of likely N-dealkylation sites (tertiary alicyclic amines) is 1. The molecule has 4 rings (SSSR count). The summed E-state index contributed by atoms with van der Waals surface area (Å²) in [7, 11) is 1.93. The number of morpholine rings is 1. The maximum absolute atomic E-state index is 12.7. The van der Waals surface area contributed by atoms with Gasteiger partial charge in [-0.1, -0.05) is 23.8 Å². The van der Waals surface area contributed by atoms with Crippen LogP contribution in [0.4, 0.5) is 0 Å². The Morgan fingerprint density at radius 2 is 2.07 bits per heavy atom. The number of pyridine rings is 1. The molecule has 7 heteroatoms. The number of nitrogens with one attached hydrogen (secondary N) is 1. The number of hydrogen-bond acceptors (Lipinski definition) is 5. The molecule has 1 spiro atoms. The molecule has 2 aliphatic rings. The summed E-state index contributed by atoms with van der Waals surface area (Å²) in [5.41, 5.74) is 2.35. The maximum Gasteiger partial charge on any atom is 0.254 e. The van der Waals surface area contributed by atoms with Gasteiger partial charge in [-0.15, -0.1) is 0 Å². The lowest BCUT2D eigenvalue weighted by molar-refractivity contribution is -0.187. The highest BCUT2D eigenvalue weighted by Gasteiger charge is 2.51. The van der Waals surface area contributed by atoms with Crippen LogP contribution in [0.5, 0.6) is 0 Å². The van der Waals surface area contributed by atoms with Crippen molar-refractivity contribution in [3.8, 4) is 0 Å². The Morgan fingerprint density at radius 3 is 2.76 bits per heavy atom. The molecule has 7 nitrogen and oxygen atoms in total. The first-order chi connectivity index (χ1) is 14.0. The third-order valence-electron chi connectivity index (χ3n) is 5.62. The Hall–Kier alpha value is -2.77. The minimum Gasteiger partial charge on any atom is -0.368 e. The number of amides is 2. The summed E-state index contributed by atoms with van der Waals surface area (Å²) in [6.45, 7) is 4.47. The molecule has 3 heterocycles. The van der Waals surface area contributed by atoms with Gasteiger partial charge in [0.25, 0.3) is 5.91 Å². The number of benzene rings is 1. The minimum absolute atomic E-state index is 0.0296. The van der Waals surface area contributed by atoms with Crippen LogP contribution in [0.25, 0.3) is 0 Å². The fourth-order valence-corrected chi connectivity index (χ4v) is 4.02. The van der Waals surface area contributed by atoms with E-state index in [9.17, 15) is 9.59 Å². The van der Waals surface area contributed by atoms with Crippen molar-refractivity contribution >= 4 is 11.8 Å². The third kappa shape index (κ3) is 4.16. The van der Waals surface area contributed by atoms with Crippen LogP contribution in [0.3, 0.4) is 0 Å². The highest BCUT2D eigenvalue weighted by Crippen LogP contribution is 2.31. The number of carbonyl (C=O) groups excluding carboxylic acids is 2. The summed E-state index contributed by atoms with van der Waals surface area (Å²) in [5, 5.41) is 2.95. The number of ether oxygens (including phenoxy) is 1. The smallest absolute Gasteiger partial charge is 0.254 e. The molecule has 29 heavy (non-hydrogen) atoms. The Labute approximate surface area is 170 Å². The third-order valence-corrected chi connectivity index (χ3v) is 5.62. The lowest BCUT2D eigenvalue weighted by Crippen LogP contribution is -2.73. The molecule has 1 N–H and O–H groups in total. The van der Waals surface area contributed by atoms with Gasteiger partial charge < -0.3 is 15.0 Å². The lowest BCUT2D eigenvalue weighted by Gasteiger charge is -2.54. The first-order valence-corrected chi connectivity index (χ1v) is 9.83. The molecular formula is C22H26N4O3. The van der Waals surface area contributed by atoms with Crippen LogP contribution in [0, 0.1) is 6.92 Å². The van der Waals surface area contributed by atoms with E-state index in [4.69, 9.17) is 4.74 Å². The lowest BCUT2D eigenvalue weighted by atomic mass is 9.90. The van der Waals surface area contributed by atoms with Crippen LogP contribution >= 0.6 is 0 Å². The SMILES string of the molecule is Cc1cccc(C(=O)N2CC3(C2)CN(C)[C@H](C(=O)NCc2cccnc2)CO3)c1. The highest BCUT2D eigenvalue weighted by atomic mass is 16.5. The number of aromatic nitrogens is 1. The van der Waals surface area contributed by atoms with Crippen molar-refractivity contribution in [2.24, 2.45) is 0 Å². The molecule has 2 amide bonds. The summed E-state index contributed by atoms with van der Waals surface area (Å²) in [6, 6.07) is 11.1. The second-order valence-electron chi connectivity index (χ2n) is 8.03. The molecule has 2 fully saturated rings. The van der Waals surface area contributed by atoms with Crippen LogP contribution in [0.2, 0.25) is 0 Å². The van der Waals surface area contributed by atoms with E-state index in [-0.39, 0.29) is 23.5 Å². The fourth-order valence-electron chi connectivity index (χ4n) is 4.02. The number of nitrogens with zero attached hydrogens (tertiary/aromatic N) is 3. The maximum atomic E-state index is 12.7. The second kappa shape index (κ2) is 7.93. The Kier molecular flexibility index (Phi) is 5.34. The van der Waals surface area contributed by atoms with Crippen molar-refractivity contribution in [3.63, 3.8) is 0 Å². The summed E-state index contributed by atoms with van der Waals surface area (Å²) in [6.07, 6.45) is 3.45. The average Bonchev–Trinajstić information content (AvgIpc) is 2.70. The van der Waals surface area contributed by atoms with Gasteiger partial charge in [0.05, 0.1) is 19.7 Å². The molecule has 1 aromatic carbocycles. The van der Waals surface area contributed by atoms with Gasteiger partial charge in [-0.3, -0.25) is 19.5 Å². The van der Waals surface area contributed by atoms with E-state index >= 15 is 0 Å². The molecule has 2 aromatic rings. The normalized spacial score (nSPS) is 20.9. The molecule has 1 aromatic heterocycles. The van der Waals surface area contributed by atoms with E-state index in [1.54, 1.807) is 12.4 Å². The monoisotopic (exact) mass is 394 g/mol. The van der Waals surface area contributed by atoms with Crippen molar-refractivity contribution in [3.05, 3.63) is 65.5 Å². The first kappa shape index (κ1) is 19.5. The molecule has 0 saturated carbocycles. The van der Waals surface area contributed by atoms with Crippen molar-refractivity contribution in [2.45, 2.75) is 25.1 Å². The number of likely N-dealkylation sites (N-methyl/N-ethyl adjacent to an activating group) is 1. The molecule has 0 bridgehead atoms. The standard InChI is InChI=1S/C22H26N4O3/c1-16-5-3-7-18(9-16)21(28)26-14-22(15-26)13-25(2)19(12-29-22)20(27)24-11-17-6-4-8-23-10-17/h3-10,19H,11-15H2,1-2H3,(H,24,27)/t19-/m0/s1. The number of hydrogen-bond donors (Lipinski definition) is 1. The van der Waals surface area contributed by atoms with E-state index in [2.05, 4.69) is 10.3 Å². The number of carbonyl (C=O) groups is 2. The first-order valence-electron chi connectivity index (χ1n) is 9.83. The van der Waals surface area contributed by atoms with Gasteiger partial charge in [-0.05, 0) is 37.7 Å². The molecule has 152 valence electrons. The van der Waals surface area contributed by atoms with Crippen LogP contribution in [0.15, 0.2) is 48.8 Å². The van der Waals surface area contributed by atoms with Crippen LogP contribution in [0.1, 0.15) is 21.5 Å². The van der Waals surface area contributed by atoms with Crippen LogP contribution < -0.4 is 5.32 Å². The van der Waals surface area contributed by atoms with Gasteiger partial charge >= 0.3 is 0 Å². The summed E-state index contributed by atoms with van der Waals surface area (Å²) < 4.78 is 6.09. The van der Waals surface area contributed by atoms with E-state index < -0.39 is 0 Å². The van der Waals surface area contributed by atoms with Crippen molar-refractivity contribution < 1.29 is 14.3 Å². The van der Waals surface area contributed by atoms with E-state index in [0.717, 1.165) is 11.1 Å². The van der Waals surface area contributed by atoms with Crippen molar-refractivity contribution in [1.29, 1.82) is 0 Å². The predicted molar refractivity (Wildman–Crippen MR) is 108 cm³/mol. The fraction of sp³-hybridized carbons (Fsp3) is 0.409. The zero-order chi connectivity index (χ0) is 20.4. The predicted octanol–water partition coefficient (Wildman–Crippen LogP) is 1.23. The van der Waals surface area contributed by atoms with Crippen LogP contribution in [-0.2, 0) is 16.1 Å². The van der Waals surface area contributed by atoms with Gasteiger partial charge in [-0.2, -0.15) is 0 Å². The van der Waals surface area contributed by atoms with E-state index in [1.807, 2.05) is 60.2 Å². The number of rotatable bonds is 4. The largest absolute Gasteiger partial charge is 0.368 e. The molecular weight excluding hydrogens is 368 g/mol. The van der Waals surface area contributed by atoms with Gasteiger partial charge in [0, 0.05) is 31.0 Å². The zero-order valence-electron chi connectivity index (χ0n) is 16.8. The number of aryl methyl sites for hydroxylation is 1. The molecule has 0 radical (unpaired) electrons. The minimum atomic E-state index is -0.381. The van der Waals surface area contributed by atoms with Gasteiger partial charge in [0.2, 0.25) is 5.91 Å². The van der Waals surface area contributed by atoms with E-state index in [0.29, 0.717) is 38.3 Å². The Morgan fingerprint density at radius 1 is 1.24 bits per heavy atom. The molecule has 0 unspecified atom stereocenters. The quantitative estimate of drug-likeness (QED) is 0.844. The Bertz CT molecular complexity index is 896. The molecule has 2 saturated heterocycles. The topological polar surface area (TPSA) is 74.8 Å². The van der Waals surface area contributed by atoms with E-state index in [1.165, 1.54) is 0 Å². The summed E-state index contributed by atoms with van der Waals surface area (Å²) >= 11 is 0. The summed E-state index contributed by atoms with van der Waals surface area (Å²) in [5.74, 6) is -0.0277. The Balaban J connectivity index is 1.29. The molecule has 2 aliphatic heterocycles. The van der Waals surface area contributed by atoms with Crippen LogP contribution in [-0.4, -0.2) is 71.5 Å². The van der Waals surface area contributed by atoms with Crippen molar-refractivity contribution in [2.75, 3.05) is 33.3 Å². The van der Waals surface area contributed by atoms with Gasteiger partial charge in [0.1, 0.15) is 11.6 Å². The molecule has 0 aliphatic carbocycles. The van der Waals surface area contributed by atoms with Gasteiger partial charge in [-0.25, -0.2) is 0 Å². The van der Waals surface area contributed by atoms with Crippen molar-refractivity contribution in [1.82, 2.24) is 20.1 Å². The zero-order valence-corrected chi connectivity index (χ0v) is 16.8. The highest BCUT2D eigenvalue weighted by molar-refractivity contribution is 5.95. The van der Waals surface area contributed by atoms with Gasteiger partial charge in [0.15, 0.2) is 0 Å². The second-order valence-corrected chi connectivity index (χ2v) is 8.03.